The van der Waals surface area contributed by atoms with Gasteiger partial charge in [-0.15, -0.1) is 0 Å². The van der Waals surface area contributed by atoms with Gasteiger partial charge >= 0.3 is 5.97 Å². The highest BCUT2D eigenvalue weighted by Gasteiger charge is 2.39. The molecule has 0 spiro atoms. The maximum Gasteiger partial charge on any atom is 0.305 e. The molecule has 20 heavy (non-hydrogen) atoms. The van der Waals surface area contributed by atoms with E-state index in [2.05, 4.69) is 35.1 Å². The van der Waals surface area contributed by atoms with E-state index in [-0.39, 0.29) is 18.2 Å². The average Bonchev–Trinajstić information content (AvgIpc) is 3.26. The number of fused-ring (bicyclic) bond motifs is 1. The zero-order valence-electron chi connectivity index (χ0n) is 11.5. The largest absolute Gasteiger partial charge is 0.469 e. The predicted octanol–water partition coefficient (Wildman–Crippen LogP) is 3.62. The van der Waals surface area contributed by atoms with Crippen LogP contribution in [0.4, 0.5) is 0 Å². The van der Waals surface area contributed by atoms with Crippen LogP contribution in [0.2, 0.25) is 0 Å². The zero-order chi connectivity index (χ0) is 13.9. The van der Waals surface area contributed by atoms with Crippen LogP contribution in [0.5, 0.6) is 0 Å². The normalized spacial score (nSPS) is 20.9. The molecule has 3 heteroatoms. The zero-order valence-corrected chi connectivity index (χ0v) is 11.5. The second kappa shape index (κ2) is 5.63. The number of hydrogen-bond donors (Lipinski definition) is 0. The Labute approximate surface area is 118 Å². The van der Waals surface area contributed by atoms with E-state index in [4.69, 9.17) is 4.74 Å². The lowest BCUT2D eigenvalue weighted by atomic mass is 10.0. The standard InChI is InChI=1S/C17H18O3/c1-19-16(18)8-4-7-15-17(20-15)14-10-9-12-5-2-3-6-13(12)11-14/h2-3,5-6,9-11,15,17H,4,7-8H2,1H3. The summed E-state index contributed by atoms with van der Waals surface area (Å²) in [7, 11) is 1.42. The van der Waals surface area contributed by atoms with Crippen LogP contribution in [0, 0.1) is 0 Å². The van der Waals surface area contributed by atoms with Crippen molar-refractivity contribution in [1.82, 2.24) is 0 Å². The van der Waals surface area contributed by atoms with Gasteiger partial charge in [0.2, 0.25) is 0 Å². The Kier molecular flexibility index (Phi) is 3.70. The number of methoxy groups -OCH3 is 1. The molecule has 2 aromatic carbocycles. The van der Waals surface area contributed by atoms with Gasteiger partial charge in [0, 0.05) is 6.42 Å². The van der Waals surface area contributed by atoms with Gasteiger partial charge in [0.15, 0.2) is 0 Å². The summed E-state index contributed by atoms with van der Waals surface area (Å²) < 4.78 is 10.3. The van der Waals surface area contributed by atoms with E-state index < -0.39 is 0 Å². The molecule has 1 aliphatic heterocycles. The third kappa shape index (κ3) is 2.83. The Bertz CT molecular complexity index is 620. The first-order chi connectivity index (χ1) is 9.78. The van der Waals surface area contributed by atoms with E-state index in [9.17, 15) is 4.79 Å². The Morgan fingerprint density at radius 3 is 2.80 bits per heavy atom. The molecule has 0 radical (unpaired) electrons. The first-order valence-electron chi connectivity index (χ1n) is 6.99. The van der Waals surface area contributed by atoms with E-state index in [1.807, 2.05) is 12.1 Å². The molecule has 1 fully saturated rings. The van der Waals surface area contributed by atoms with E-state index in [1.54, 1.807) is 0 Å². The highest BCUT2D eigenvalue weighted by Crippen LogP contribution is 2.42. The van der Waals surface area contributed by atoms with Crippen LogP contribution < -0.4 is 0 Å². The van der Waals surface area contributed by atoms with Crippen LogP contribution >= 0.6 is 0 Å². The molecular formula is C17H18O3. The van der Waals surface area contributed by atoms with Crippen molar-refractivity contribution in [3.63, 3.8) is 0 Å². The van der Waals surface area contributed by atoms with Crippen molar-refractivity contribution in [3.8, 4) is 0 Å². The number of carbonyl (C=O) groups excluding carboxylic acids is 1. The fourth-order valence-corrected chi connectivity index (χ4v) is 2.59. The van der Waals surface area contributed by atoms with Gasteiger partial charge in [-0.2, -0.15) is 0 Å². The summed E-state index contributed by atoms with van der Waals surface area (Å²) in [4.78, 5) is 11.0. The molecule has 3 nitrogen and oxygen atoms in total. The number of benzene rings is 2. The summed E-state index contributed by atoms with van der Waals surface area (Å²) in [6, 6.07) is 14.8. The van der Waals surface area contributed by atoms with Crippen molar-refractivity contribution >= 4 is 16.7 Å². The minimum absolute atomic E-state index is 0.145. The molecule has 2 aromatic rings. The van der Waals surface area contributed by atoms with Crippen molar-refractivity contribution in [1.29, 1.82) is 0 Å². The summed E-state index contributed by atoms with van der Waals surface area (Å²) in [6.07, 6.45) is 2.65. The molecule has 0 bridgehead atoms. The number of rotatable bonds is 5. The monoisotopic (exact) mass is 270 g/mol. The van der Waals surface area contributed by atoms with E-state index in [0.717, 1.165) is 12.8 Å². The van der Waals surface area contributed by atoms with Gasteiger partial charge in [0.1, 0.15) is 6.10 Å². The SMILES string of the molecule is COC(=O)CCCC1OC1c1ccc2ccccc2c1. The molecule has 0 amide bonds. The minimum atomic E-state index is -0.145. The third-order valence-electron chi connectivity index (χ3n) is 3.78. The molecule has 2 unspecified atom stereocenters. The van der Waals surface area contributed by atoms with Crippen LogP contribution in [0.15, 0.2) is 42.5 Å². The first kappa shape index (κ1) is 13.1. The molecule has 0 N–H and O–H groups in total. The lowest BCUT2D eigenvalue weighted by Gasteiger charge is -2.01. The van der Waals surface area contributed by atoms with Crippen molar-refractivity contribution in [2.75, 3.05) is 7.11 Å². The summed E-state index contributed by atoms with van der Waals surface area (Å²) in [6.45, 7) is 0. The Balaban J connectivity index is 1.59. The van der Waals surface area contributed by atoms with Gasteiger partial charge in [-0.05, 0) is 35.2 Å². The number of ether oxygens (including phenoxy) is 2. The van der Waals surface area contributed by atoms with Crippen LogP contribution in [0.3, 0.4) is 0 Å². The maximum atomic E-state index is 11.0. The molecule has 3 rings (SSSR count). The quantitative estimate of drug-likeness (QED) is 0.615. The minimum Gasteiger partial charge on any atom is -0.469 e. The molecule has 0 aliphatic carbocycles. The van der Waals surface area contributed by atoms with E-state index in [1.165, 1.54) is 23.4 Å². The molecular weight excluding hydrogens is 252 g/mol. The molecule has 0 aromatic heterocycles. The van der Waals surface area contributed by atoms with Gasteiger partial charge in [-0.25, -0.2) is 0 Å². The van der Waals surface area contributed by atoms with Gasteiger partial charge in [0.05, 0.1) is 13.2 Å². The Hall–Kier alpha value is -1.87. The molecule has 1 heterocycles. The number of esters is 1. The average molecular weight is 270 g/mol. The fourth-order valence-electron chi connectivity index (χ4n) is 2.59. The predicted molar refractivity (Wildman–Crippen MR) is 77.4 cm³/mol. The number of hydrogen-bond acceptors (Lipinski definition) is 3. The molecule has 2 atom stereocenters. The topological polar surface area (TPSA) is 38.8 Å². The van der Waals surface area contributed by atoms with Crippen LogP contribution in [-0.2, 0) is 14.3 Å². The van der Waals surface area contributed by atoms with E-state index >= 15 is 0 Å². The van der Waals surface area contributed by atoms with Crippen molar-refractivity contribution in [3.05, 3.63) is 48.0 Å². The summed E-state index contributed by atoms with van der Waals surface area (Å²) in [5.41, 5.74) is 1.23. The highest BCUT2D eigenvalue weighted by molar-refractivity contribution is 5.83. The van der Waals surface area contributed by atoms with Gasteiger partial charge in [0.25, 0.3) is 0 Å². The second-order valence-corrected chi connectivity index (χ2v) is 5.17. The first-order valence-corrected chi connectivity index (χ1v) is 6.99. The third-order valence-corrected chi connectivity index (χ3v) is 3.78. The number of epoxide rings is 1. The number of carbonyl (C=O) groups is 1. The maximum absolute atomic E-state index is 11.0. The molecule has 1 aliphatic rings. The molecule has 104 valence electrons. The summed E-state index contributed by atoms with van der Waals surface area (Å²) >= 11 is 0. The Morgan fingerprint density at radius 2 is 2.00 bits per heavy atom. The van der Waals surface area contributed by atoms with Crippen molar-refractivity contribution < 1.29 is 14.3 Å². The van der Waals surface area contributed by atoms with Gasteiger partial charge in [-0.3, -0.25) is 4.79 Å². The van der Waals surface area contributed by atoms with Crippen LogP contribution in [0.1, 0.15) is 30.9 Å². The molecule has 0 saturated carbocycles. The van der Waals surface area contributed by atoms with Crippen molar-refractivity contribution in [2.45, 2.75) is 31.5 Å². The van der Waals surface area contributed by atoms with Crippen molar-refractivity contribution in [2.24, 2.45) is 0 Å². The summed E-state index contributed by atoms with van der Waals surface area (Å²) in [5.74, 6) is -0.145. The molecule has 1 saturated heterocycles. The van der Waals surface area contributed by atoms with Crippen LogP contribution in [-0.4, -0.2) is 19.2 Å². The summed E-state index contributed by atoms with van der Waals surface area (Å²) in [5, 5.41) is 2.49. The smallest absolute Gasteiger partial charge is 0.305 e. The van der Waals surface area contributed by atoms with Gasteiger partial charge < -0.3 is 9.47 Å². The highest BCUT2D eigenvalue weighted by atomic mass is 16.6. The fraction of sp³-hybridized carbons (Fsp3) is 0.353. The second-order valence-electron chi connectivity index (χ2n) is 5.17. The van der Waals surface area contributed by atoms with Gasteiger partial charge in [-0.1, -0.05) is 36.4 Å². The Morgan fingerprint density at radius 1 is 1.20 bits per heavy atom. The lowest BCUT2D eigenvalue weighted by Crippen LogP contribution is -2.00. The van der Waals surface area contributed by atoms with Crippen LogP contribution in [0.25, 0.3) is 10.8 Å². The van der Waals surface area contributed by atoms with E-state index in [0.29, 0.717) is 6.42 Å². The lowest BCUT2D eigenvalue weighted by molar-refractivity contribution is -0.140.